The van der Waals surface area contributed by atoms with Gasteiger partial charge in [-0.3, -0.25) is 0 Å². The predicted molar refractivity (Wildman–Crippen MR) is 86.4 cm³/mol. The number of aromatic nitrogens is 4. The summed E-state index contributed by atoms with van der Waals surface area (Å²) in [5.74, 6) is 0.773. The van der Waals surface area contributed by atoms with Gasteiger partial charge in [-0.2, -0.15) is 0 Å². The highest BCUT2D eigenvalue weighted by molar-refractivity contribution is 5.82. The van der Waals surface area contributed by atoms with E-state index in [1.54, 1.807) is 12.7 Å². The summed E-state index contributed by atoms with van der Waals surface area (Å²) in [5.41, 5.74) is 3.02. The molecule has 3 rings (SSSR count). The quantitative estimate of drug-likeness (QED) is 0.782. The van der Waals surface area contributed by atoms with Crippen molar-refractivity contribution in [2.24, 2.45) is 0 Å². The van der Waals surface area contributed by atoms with E-state index in [-0.39, 0.29) is 0 Å². The molecule has 0 radical (unpaired) electrons. The maximum Gasteiger partial charge on any atom is 0.165 e. The average molecular weight is 283 g/mol. The van der Waals surface area contributed by atoms with Crippen LogP contribution in [-0.2, 0) is 0 Å². The van der Waals surface area contributed by atoms with Crippen molar-refractivity contribution in [2.75, 3.05) is 12.4 Å². The highest BCUT2D eigenvalue weighted by Crippen LogP contribution is 2.19. The summed E-state index contributed by atoms with van der Waals surface area (Å²) in [5, 5.41) is 3.00. The van der Waals surface area contributed by atoms with Crippen LogP contribution >= 0.6 is 0 Å². The molecule has 3 aromatic rings. The predicted octanol–water partition coefficient (Wildman–Crippen LogP) is 3.44. The summed E-state index contributed by atoms with van der Waals surface area (Å²) < 4.78 is 2.03. The van der Waals surface area contributed by atoms with Gasteiger partial charge in [-0.25, -0.2) is 15.0 Å². The van der Waals surface area contributed by atoms with E-state index in [0.717, 1.165) is 17.0 Å². The van der Waals surface area contributed by atoms with Gasteiger partial charge in [0.05, 0.1) is 6.33 Å². The number of imidazole rings is 1. The lowest BCUT2D eigenvalue weighted by Crippen LogP contribution is -2.01. The summed E-state index contributed by atoms with van der Waals surface area (Å²) in [7, 11) is 1.83. The summed E-state index contributed by atoms with van der Waals surface area (Å²) in [6, 6.07) is 10.6. The van der Waals surface area contributed by atoms with Crippen LogP contribution in [0.5, 0.6) is 0 Å². The third-order valence-corrected chi connectivity index (χ3v) is 3.09. The van der Waals surface area contributed by atoms with Crippen LogP contribution in [0.4, 0.5) is 5.82 Å². The van der Waals surface area contributed by atoms with Crippen molar-refractivity contribution in [3.05, 3.63) is 48.5 Å². The first-order valence-electron chi connectivity index (χ1n) is 7.00. The molecule has 0 bridgehead atoms. The number of nitrogens with zero attached hydrogens (tertiary/aromatic N) is 4. The Morgan fingerprint density at radius 3 is 2.29 bits per heavy atom. The van der Waals surface area contributed by atoms with Gasteiger partial charge < -0.3 is 9.88 Å². The van der Waals surface area contributed by atoms with Crippen molar-refractivity contribution in [3.63, 3.8) is 0 Å². The van der Waals surface area contributed by atoms with Gasteiger partial charge in [0, 0.05) is 13.1 Å². The molecule has 1 N–H and O–H groups in total. The minimum Gasteiger partial charge on any atom is -0.371 e. The second kappa shape index (κ2) is 6.83. The first-order chi connectivity index (χ1) is 10.1. The third kappa shape index (κ3) is 3.56. The Bertz CT molecular complexity index is 688. The molecule has 0 aliphatic heterocycles. The Hall–Kier alpha value is -2.43. The minimum absolute atomic E-state index is 0.361. The van der Waals surface area contributed by atoms with E-state index in [0.29, 0.717) is 6.04 Å². The summed E-state index contributed by atoms with van der Waals surface area (Å²) in [4.78, 5) is 12.6. The smallest absolute Gasteiger partial charge is 0.165 e. The molecule has 0 spiro atoms. The number of benzene rings is 1. The normalized spacial score (nSPS) is 10.3. The number of aryl methyl sites for hydroxylation is 1. The largest absolute Gasteiger partial charge is 0.371 e. The van der Waals surface area contributed by atoms with Crippen molar-refractivity contribution in [1.29, 1.82) is 0 Å². The topological polar surface area (TPSA) is 55.6 Å². The van der Waals surface area contributed by atoms with E-state index in [1.165, 1.54) is 5.56 Å². The lowest BCUT2D eigenvalue weighted by atomic mass is 10.2. The molecule has 0 saturated heterocycles. The van der Waals surface area contributed by atoms with Crippen LogP contribution in [0.1, 0.15) is 25.5 Å². The van der Waals surface area contributed by atoms with Crippen molar-refractivity contribution < 1.29 is 0 Å². The van der Waals surface area contributed by atoms with Gasteiger partial charge >= 0.3 is 0 Å². The fourth-order valence-corrected chi connectivity index (χ4v) is 1.95. The Labute approximate surface area is 125 Å². The SMILES string of the molecule is CNc1ncnc2c1ncn2C(C)C.Cc1ccccc1. The van der Waals surface area contributed by atoms with Crippen LogP contribution in [0.15, 0.2) is 43.0 Å². The Morgan fingerprint density at radius 1 is 1.05 bits per heavy atom. The summed E-state index contributed by atoms with van der Waals surface area (Å²) in [6.07, 6.45) is 3.35. The Morgan fingerprint density at radius 2 is 1.76 bits per heavy atom. The minimum atomic E-state index is 0.361. The molecule has 2 heterocycles. The molecular formula is C16H21N5. The van der Waals surface area contributed by atoms with Gasteiger partial charge in [-0.05, 0) is 20.8 Å². The number of rotatable bonds is 2. The van der Waals surface area contributed by atoms with E-state index in [9.17, 15) is 0 Å². The highest BCUT2D eigenvalue weighted by atomic mass is 15.1. The van der Waals surface area contributed by atoms with Crippen molar-refractivity contribution >= 4 is 17.0 Å². The van der Waals surface area contributed by atoms with Crippen LogP contribution in [-0.4, -0.2) is 26.6 Å². The van der Waals surface area contributed by atoms with Crippen LogP contribution in [0, 0.1) is 6.92 Å². The van der Waals surface area contributed by atoms with Gasteiger partial charge in [0.2, 0.25) is 0 Å². The van der Waals surface area contributed by atoms with Crippen molar-refractivity contribution in [1.82, 2.24) is 19.5 Å². The van der Waals surface area contributed by atoms with Crippen molar-refractivity contribution in [2.45, 2.75) is 26.8 Å². The molecule has 0 atom stereocenters. The molecule has 110 valence electrons. The van der Waals surface area contributed by atoms with Gasteiger partial charge in [0.25, 0.3) is 0 Å². The van der Waals surface area contributed by atoms with E-state index in [2.05, 4.69) is 53.2 Å². The van der Waals surface area contributed by atoms with E-state index >= 15 is 0 Å². The first-order valence-corrected chi connectivity index (χ1v) is 7.00. The molecule has 0 fully saturated rings. The molecule has 0 saturated carbocycles. The number of fused-ring (bicyclic) bond motifs is 1. The van der Waals surface area contributed by atoms with E-state index in [1.807, 2.05) is 29.8 Å². The molecule has 0 amide bonds. The molecule has 0 unspecified atom stereocenters. The second-order valence-electron chi connectivity index (χ2n) is 5.04. The highest BCUT2D eigenvalue weighted by Gasteiger charge is 2.09. The monoisotopic (exact) mass is 283 g/mol. The molecule has 0 aliphatic rings. The average Bonchev–Trinajstić information content (AvgIpc) is 2.92. The zero-order chi connectivity index (χ0) is 15.2. The zero-order valence-corrected chi connectivity index (χ0v) is 12.9. The van der Waals surface area contributed by atoms with Gasteiger partial charge in [-0.15, -0.1) is 0 Å². The van der Waals surface area contributed by atoms with Gasteiger partial charge in [0.15, 0.2) is 11.5 Å². The first kappa shape index (κ1) is 15.0. The Balaban J connectivity index is 0.000000194. The van der Waals surface area contributed by atoms with E-state index < -0.39 is 0 Å². The van der Waals surface area contributed by atoms with Crippen LogP contribution in [0.3, 0.4) is 0 Å². The zero-order valence-electron chi connectivity index (χ0n) is 12.9. The molecule has 1 aromatic carbocycles. The fraction of sp³-hybridized carbons (Fsp3) is 0.312. The maximum absolute atomic E-state index is 4.29. The molecule has 2 aromatic heterocycles. The van der Waals surface area contributed by atoms with Crippen LogP contribution in [0.2, 0.25) is 0 Å². The lowest BCUT2D eigenvalue weighted by molar-refractivity contribution is 0.612. The molecular weight excluding hydrogens is 262 g/mol. The van der Waals surface area contributed by atoms with Crippen molar-refractivity contribution in [3.8, 4) is 0 Å². The van der Waals surface area contributed by atoms with Gasteiger partial charge in [-0.1, -0.05) is 35.9 Å². The lowest BCUT2D eigenvalue weighted by Gasteiger charge is -2.06. The fourth-order valence-electron chi connectivity index (χ4n) is 1.95. The number of hydrogen-bond donors (Lipinski definition) is 1. The molecule has 0 aliphatic carbocycles. The van der Waals surface area contributed by atoms with Crippen LogP contribution < -0.4 is 5.32 Å². The van der Waals surface area contributed by atoms with E-state index in [4.69, 9.17) is 0 Å². The molecule has 5 nitrogen and oxygen atoms in total. The summed E-state index contributed by atoms with van der Waals surface area (Å²) >= 11 is 0. The van der Waals surface area contributed by atoms with Crippen LogP contribution in [0.25, 0.3) is 11.2 Å². The number of hydrogen-bond acceptors (Lipinski definition) is 4. The molecule has 21 heavy (non-hydrogen) atoms. The Kier molecular flexibility index (Phi) is 4.87. The molecule has 5 heteroatoms. The number of nitrogens with one attached hydrogen (secondary N) is 1. The third-order valence-electron chi connectivity index (χ3n) is 3.09. The summed E-state index contributed by atoms with van der Waals surface area (Å²) in [6.45, 7) is 6.28. The second-order valence-corrected chi connectivity index (χ2v) is 5.04. The maximum atomic E-state index is 4.29. The van der Waals surface area contributed by atoms with Gasteiger partial charge in [0.1, 0.15) is 11.8 Å². The number of anilines is 1. The standard InChI is InChI=1S/C9H13N5.C7H8/c1-6(2)14-5-13-7-8(10-3)11-4-12-9(7)14;1-7-5-3-2-4-6-7/h4-6H,1-3H3,(H,10,11,12);2-6H,1H3.